The molecule has 2 heterocycles. The van der Waals surface area contributed by atoms with E-state index in [2.05, 4.69) is 26.8 Å². The molecule has 0 aromatic heterocycles. The van der Waals surface area contributed by atoms with Gasteiger partial charge in [0.1, 0.15) is 0 Å². The number of fused-ring (bicyclic) bond motifs is 4. The van der Waals surface area contributed by atoms with Crippen LogP contribution in [0.4, 0.5) is 0 Å². The summed E-state index contributed by atoms with van der Waals surface area (Å²) in [5.41, 5.74) is 2.30. The van der Waals surface area contributed by atoms with Crippen LogP contribution in [0, 0.1) is 5.41 Å². The van der Waals surface area contributed by atoms with Crippen molar-refractivity contribution < 1.29 is 19.2 Å². The second kappa shape index (κ2) is 4.31. The molecule has 1 fully saturated rings. The zero-order chi connectivity index (χ0) is 12.8. The highest BCUT2D eigenvalue weighted by Gasteiger charge is 2.44. The highest BCUT2D eigenvalue weighted by Crippen LogP contribution is 2.48. The Kier molecular flexibility index (Phi) is 2.90. The summed E-state index contributed by atoms with van der Waals surface area (Å²) in [5, 5.41) is 0. The third-order valence-corrected chi connectivity index (χ3v) is 3.48. The Morgan fingerprint density at radius 3 is 2.56 bits per heavy atom. The van der Waals surface area contributed by atoms with Crippen LogP contribution in [0.15, 0.2) is 24.3 Å². The van der Waals surface area contributed by atoms with Crippen molar-refractivity contribution in [3.8, 4) is 0 Å². The summed E-state index contributed by atoms with van der Waals surface area (Å²) in [5.74, 6) is 0.117. The average molecular weight is 250 g/mol. The summed E-state index contributed by atoms with van der Waals surface area (Å²) in [6.45, 7) is 6.61. The number of hydrogen-bond acceptors (Lipinski definition) is 4. The molecule has 98 valence electrons. The largest absolute Gasteiger partial charge is 0.319 e. The van der Waals surface area contributed by atoms with E-state index in [9.17, 15) is 0 Å². The highest BCUT2D eigenvalue weighted by atomic mass is 17.3. The van der Waals surface area contributed by atoms with Crippen LogP contribution in [0.3, 0.4) is 0 Å². The van der Waals surface area contributed by atoms with Gasteiger partial charge in [-0.25, -0.2) is 9.78 Å². The molecule has 1 aromatic carbocycles. The predicted octanol–water partition coefficient (Wildman–Crippen LogP) is 3.11. The van der Waals surface area contributed by atoms with Gasteiger partial charge in [0.2, 0.25) is 6.29 Å². The van der Waals surface area contributed by atoms with Gasteiger partial charge in [0.25, 0.3) is 0 Å². The van der Waals surface area contributed by atoms with Crippen LogP contribution in [0.2, 0.25) is 0 Å². The van der Waals surface area contributed by atoms with Gasteiger partial charge in [-0.05, 0) is 11.0 Å². The van der Waals surface area contributed by atoms with Crippen LogP contribution in [0.25, 0.3) is 0 Å². The topological polar surface area (TPSA) is 36.9 Å². The minimum Gasteiger partial charge on any atom is -0.319 e. The lowest BCUT2D eigenvalue weighted by molar-refractivity contribution is -0.381. The third-order valence-electron chi connectivity index (χ3n) is 3.48. The van der Waals surface area contributed by atoms with Crippen molar-refractivity contribution in [2.24, 2.45) is 5.41 Å². The molecule has 4 heteroatoms. The Morgan fingerprint density at radius 1 is 1.11 bits per heavy atom. The maximum Gasteiger partial charge on any atom is 0.201 e. The molecule has 2 aliphatic heterocycles. The predicted molar refractivity (Wildman–Crippen MR) is 64.4 cm³/mol. The molecule has 1 aromatic rings. The van der Waals surface area contributed by atoms with Crippen molar-refractivity contribution in [2.75, 3.05) is 6.79 Å². The minimum atomic E-state index is -0.424. The molecule has 0 spiro atoms. The van der Waals surface area contributed by atoms with E-state index in [0.29, 0.717) is 0 Å². The molecule has 0 N–H and O–H groups in total. The van der Waals surface area contributed by atoms with Crippen molar-refractivity contribution in [3.05, 3.63) is 35.4 Å². The first kappa shape index (κ1) is 12.1. The lowest BCUT2D eigenvalue weighted by Crippen LogP contribution is -2.38. The quantitative estimate of drug-likeness (QED) is 0.663. The van der Waals surface area contributed by atoms with Gasteiger partial charge in [-0.15, -0.1) is 0 Å². The van der Waals surface area contributed by atoms with Gasteiger partial charge in [0, 0.05) is 11.5 Å². The van der Waals surface area contributed by atoms with Gasteiger partial charge in [0.15, 0.2) is 13.1 Å². The van der Waals surface area contributed by atoms with Crippen molar-refractivity contribution in [3.63, 3.8) is 0 Å². The van der Waals surface area contributed by atoms with E-state index in [0.717, 1.165) is 5.56 Å². The zero-order valence-corrected chi connectivity index (χ0v) is 10.9. The summed E-state index contributed by atoms with van der Waals surface area (Å²) >= 11 is 0. The summed E-state index contributed by atoms with van der Waals surface area (Å²) in [4.78, 5) is 10.3. The van der Waals surface area contributed by atoms with Gasteiger partial charge >= 0.3 is 0 Å². The Balaban J connectivity index is 2.11. The number of benzene rings is 1. The fourth-order valence-corrected chi connectivity index (χ4v) is 2.70. The van der Waals surface area contributed by atoms with E-state index in [4.69, 9.17) is 19.2 Å². The smallest absolute Gasteiger partial charge is 0.201 e. The molecule has 18 heavy (non-hydrogen) atoms. The standard InChI is InChI=1S/C14H18O4/c1-14(2,3)11-9-6-4-5-7-10(9)12-15-8-16-18-13(11)17-12/h4-7,11-13H,8H2,1-3H3/t11-,12+,13+/m0/s1. The van der Waals surface area contributed by atoms with E-state index in [-0.39, 0.29) is 18.1 Å². The van der Waals surface area contributed by atoms with Crippen LogP contribution in [0.5, 0.6) is 0 Å². The van der Waals surface area contributed by atoms with Crippen LogP contribution in [0.1, 0.15) is 44.1 Å². The molecule has 1 saturated heterocycles. The SMILES string of the molecule is CC(C)(C)[C@H]1c2ccccc2[C@@H]2OCOO[C@H]1O2. The van der Waals surface area contributed by atoms with Gasteiger partial charge < -0.3 is 9.47 Å². The maximum absolute atomic E-state index is 5.84. The van der Waals surface area contributed by atoms with Gasteiger partial charge in [-0.1, -0.05) is 45.0 Å². The van der Waals surface area contributed by atoms with E-state index in [1.807, 2.05) is 18.2 Å². The Hall–Kier alpha value is -0.940. The lowest BCUT2D eigenvalue weighted by atomic mass is 9.73. The molecule has 0 aliphatic carbocycles. The first-order valence-corrected chi connectivity index (χ1v) is 6.21. The molecule has 4 nitrogen and oxygen atoms in total. The van der Waals surface area contributed by atoms with Crippen molar-refractivity contribution >= 4 is 0 Å². The van der Waals surface area contributed by atoms with E-state index in [1.165, 1.54) is 5.56 Å². The lowest BCUT2D eigenvalue weighted by Gasteiger charge is -2.41. The Bertz CT molecular complexity index is 438. The van der Waals surface area contributed by atoms with Crippen molar-refractivity contribution in [1.82, 2.24) is 0 Å². The molecular weight excluding hydrogens is 232 g/mol. The maximum atomic E-state index is 5.84. The molecule has 3 rings (SSSR count). The van der Waals surface area contributed by atoms with Crippen LogP contribution >= 0.6 is 0 Å². The van der Waals surface area contributed by atoms with E-state index >= 15 is 0 Å². The second-order valence-corrected chi connectivity index (χ2v) is 5.81. The molecule has 2 aliphatic rings. The average Bonchev–Trinajstić information content (AvgIpc) is 2.51. The van der Waals surface area contributed by atoms with E-state index in [1.54, 1.807) is 0 Å². The molecule has 0 saturated carbocycles. The monoisotopic (exact) mass is 250 g/mol. The van der Waals surface area contributed by atoms with E-state index < -0.39 is 12.6 Å². The first-order valence-electron chi connectivity index (χ1n) is 6.21. The highest BCUT2D eigenvalue weighted by molar-refractivity contribution is 5.35. The minimum absolute atomic E-state index is 0.0133. The molecule has 0 unspecified atom stereocenters. The van der Waals surface area contributed by atoms with Crippen LogP contribution in [-0.2, 0) is 19.2 Å². The summed E-state index contributed by atoms with van der Waals surface area (Å²) in [7, 11) is 0. The molecule has 0 radical (unpaired) electrons. The number of ether oxygens (including phenoxy) is 2. The molecule has 3 atom stereocenters. The summed E-state index contributed by atoms with van der Waals surface area (Å²) in [6.07, 6.45) is -0.820. The number of rotatable bonds is 0. The Morgan fingerprint density at radius 2 is 1.83 bits per heavy atom. The van der Waals surface area contributed by atoms with Crippen LogP contribution in [-0.4, -0.2) is 13.1 Å². The normalized spacial score (nSPS) is 31.6. The molecule has 0 amide bonds. The molecule has 2 bridgehead atoms. The number of hydrogen-bond donors (Lipinski definition) is 0. The Labute approximate surface area is 107 Å². The third kappa shape index (κ3) is 1.95. The van der Waals surface area contributed by atoms with Crippen molar-refractivity contribution in [1.29, 1.82) is 0 Å². The van der Waals surface area contributed by atoms with Crippen LogP contribution < -0.4 is 0 Å². The first-order chi connectivity index (χ1) is 8.57. The van der Waals surface area contributed by atoms with Gasteiger partial charge in [0.05, 0.1) is 0 Å². The fourth-order valence-electron chi connectivity index (χ4n) is 2.70. The zero-order valence-electron chi connectivity index (χ0n) is 10.9. The van der Waals surface area contributed by atoms with Gasteiger partial charge in [-0.2, -0.15) is 0 Å². The fraction of sp³-hybridized carbons (Fsp3) is 0.571. The van der Waals surface area contributed by atoms with Crippen molar-refractivity contribution in [2.45, 2.75) is 39.3 Å². The molecular formula is C14H18O4. The summed E-state index contributed by atoms with van der Waals surface area (Å²) < 4.78 is 11.3. The summed E-state index contributed by atoms with van der Waals surface area (Å²) in [6, 6.07) is 8.19. The van der Waals surface area contributed by atoms with Gasteiger partial charge in [-0.3, -0.25) is 0 Å². The second-order valence-electron chi connectivity index (χ2n) is 5.81.